The van der Waals surface area contributed by atoms with Crippen LogP contribution in [0.2, 0.25) is 0 Å². The number of rotatable bonds is 6. The van der Waals surface area contributed by atoms with Crippen LogP contribution in [-0.2, 0) is 32.6 Å². The smallest absolute Gasteiger partial charge is 0.312 e. The van der Waals surface area contributed by atoms with Gasteiger partial charge in [-0.2, -0.15) is 4.31 Å². The van der Waals surface area contributed by atoms with E-state index >= 15 is 0 Å². The van der Waals surface area contributed by atoms with E-state index in [4.69, 9.17) is 0 Å². The first-order valence-electron chi connectivity index (χ1n) is 11.2. The van der Waals surface area contributed by atoms with Gasteiger partial charge in [-0.1, -0.05) is 31.2 Å². The van der Waals surface area contributed by atoms with Crippen molar-refractivity contribution < 1.29 is 22.4 Å². The fourth-order valence-corrected chi connectivity index (χ4v) is 5.95. The zero-order chi connectivity index (χ0) is 23.6. The highest BCUT2D eigenvalue weighted by atomic mass is 32.2. The van der Waals surface area contributed by atoms with E-state index in [1.165, 1.54) is 21.3 Å². The number of piperazine rings is 1. The Morgan fingerprint density at radius 3 is 2.24 bits per heavy atom. The minimum absolute atomic E-state index is 0.174. The molecule has 33 heavy (non-hydrogen) atoms. The minimum atomic E-state index is -3.59. The molecule has 2 amide bonds. The summed E-state index contributed by atoms with van der Waals surface area (Å²) in [6, 6.07) is 12.7. The van der Waals surface area contributed by atoms with E-state index in [9.17, 15) is 22.4 Å². The molecule has 0 N–H and O–H groups in total. The van der Waals surface area contributed by atoms with Gasteiger partial charge in [0.2, 0.25) is 10.0 Å². The molecule has 0 unspecified atom stereocenters. The highest BCUT2D eigenvalue weighted by Crippen LogP contribution is 2.25. The lowest BCUT2D eigenvalue weighted by Crippen LogP contribution is -2.58. The maximum absolute atomic E-state index is 13.4. The maximum Gasteiger partial charge on any atom is 0.312 e. The van der Waals surface area contributed by atoms with Gasteiger partial charge in [-0.25, -0.2) is 12.8 Å². The van der Waals surface area contributed by atoms with Gasteiger partial charge in [0, 0.05) is 38.8 Å². The van der Waals surface area contributed by atoms with Gasteiger partial charge in [0.1, 0.15) is 5.82 Å². The zero-order valence-corrected chi connectivity index (χ0v) is 19.4. The standard InChI is InChI=1S/C24H28FN3O4S/c1-2-18-6-8-22(9-7-18)33(31,32)27-12-10-21(11-13-27)28-15-14-26(23(29)24(28)30)17-19-4-3-5-20(25)16-19/h3-9,16,21H,2,10-15,17H2,1H3. The Hall–Kier alpha value is -2.78. The summed E-state index contributed by atoms with van der Waals surface area (Å²) in [5.74, 6) is -1.56. The van der Waals surface area contributed by atoms with Gasteiger partial charge in [0.05, 0.1) is 4.90 Å². The van der Waals surface area contributed by atoms with E-state index < -0.39 is 21.8 Å². The van der Waals surface area contributed by atoms with Crippen LogP contribution in [0.5, 0.6) is 0 Å². The van der Waals surface area contributed by atoms with Crippen molar-refractivity contribution >= 4 is 21.8 Å². The van der Waals surface area contributed by atoms with Crippen molar-refractivity contribution in [1.29, 1.82) is 0 Å². The Morgan fingerprint density at radius 1 is 0.909 bits per heavy atom. The number of piperidine rings is 1. The second-order valence-electron chi connectivity index (χ2n) is 8.49. The van der Waals surface area contributed by atoms with Gasteiger partial charge >= 0.3 is 11.8 Å². The number of hydrogen-bond acceptors (Lipinski definition) is 4. The molecular weight excluding hydrogens is 445 g/mol. The highest BCUT2D eigenvalue weighted by molar-refractivity contribution is 7.89. The number of carbonyl (C=O) groups is 2. The predicted octanol–water partition coefficient (Wildman–Crippen LogP) is 2.41. The predicted molar refractivity (Wildman–Crippen MR) is 121 cm³/mol. The monoisotopic (exact) mass is 473 g/mol. The molecule has 0 aliphatic carbocycles. The van der Waals surface area contributed by atoms with Gasteiger partial charge in [-0.3, -0.25) is 9.59 Å². The lowest BCUT2D eigenvalue weighted by atomic mass is 10.0. The van der Waals surface area contributed by atoms with Crippen LogP contribution in [0.4, 0.5) is 4.39 Å². The first-order valence-corrected chi connectivity index (χ1v) is 12.7. The molecule has 2 saturated heterocycles. The van der Waals surface area contributed by atoms with Gasteiger partial charge in [0.15, 0.2) is 0 Å². The van der Waals surface area contributed by atoms with Crippen LogP contribution in [0.25, 0.3) is 0 Å². The van der Waals surface area contributed by atoms with Gasteiger partial charge in [-0.05, 0) is 54.7 Å². The molecular formula is C24H28FN3O4S. The molecule has 0 saturated carbocycles. The van der Waals surface area contributed by atoms with Crippen molar-refractivity contribution in [2.45, 2.75) is 43.7 Å². The number of benzene rings is 2. The zero-order valence-electron chi connectivity index (χ0n) is 18.6. The Labute approximate surface area is 193 Å². The van der Waals surface area contributed by atoms with E-state index in [2.05, 4.69) is 0 Å². The average Bonchev–Trinajstić information content (AvgIpc) is 2.82. The summed E-state index contributed by atoms with van der Waals surface area (Å²) < 4.78 is 40.9. The average molecular weight is 474 g/mol. The van der Waals surface area contributed by atoms with Crippen molar-refractivity contribution in [3.8, 4) is 0 Å². The summed E-state index contributed by atoms with van der Waals surface area (Å²) in [5, 5.41) is 0. The van der Waals surface area contributed by atoms with Crippen molar-refractivity contribution in [2.75, 3.05) is 26.2 Å². The van der Waals surface area contributed by atoms with Crippen LogP contribution in [0.3, 0.4) is 0 Å². The van der Waals surface area contributed by atoms with Gasteiger partial charge < -0.3 is 9.80 Å². The number of hydrogen-bond donors (Lipinski definition) is 0. The SMILES string of the molecule is CCc1ccc(S(=O)(=O)N2CCC(N3CCN(Cc4cccc(F)c4)C(=O)C3=O)CC2)cc1. The van der Waals surface area contributed by atoms with Crippen LogP contribution in [0, 0.1) is 5.82 Å². The molecule has 0 bridgehead atoms. The third kappa shape index (κ3) is 4.94. The molecule has 2 aliphatic heterocycles. The van der Waals surface area contributed by atoms with Gasteiger partial charge in [0.25, 0.3) is 0 Å². The Bertz CT molecular complexity index is 1130. The molecule has 2 aromatic rings. The summed E-state index contributed by atoms with van der Waals surface area (Å²) in [4.78, 5) is 28.7. The van der Waals surface area contributed by atoms with Crippen molar-refractivity contribution in [1.82, 2.24) is 14.1 Å². The first kappa shape index (κ1) is 23.4. The third-order valence-corrected chi connectivity index (χ3v) is 8.35. The number of aryl methyl sites for hydroxylation is 1. The molecule has 176 valence electrons. The molecule has 2 aliphatic rings. The molecule has 7 nitrogen and oxygen atoms in total. The van der Waals surface area contributed by atoms with Crippen LogP contribution in [-0.4, -0.2) is 66.6 Å². The molecule has 4 rings (SSSR count). The fraction of sp³-hybridized carbons (Fsp3) is 0.417. The highest BCUT2D eigenvalue weighted by Gasteiger charge is 2.39. The third-order valence-electron chi connectivity index (χ3n) is 6.44. The topological polar surface area (TPSA) is 78.0 Å². The minimum Gasteiger partial charge on any atom is -0.330 e. The lowest BCUT2D eigenvalue weighted by Gasteiger charge is -2.41. The van der Waals surface area contributed by atoms with Crippen molar-refractivity contribution in [2.24, 2.45) is 0 Å². The Morgan fingerprint density at radius 2 is 1.61 bits per heavy atom. The Kier molecular flexibility index (Phi) is 6.81. The van der Waals surface area contributed by atoms with Crippen LogP contribution in [0.1, 0.15) is 30.9 Å². The second-order valence-corrected chi connectivity index (χ2v) is 10.4. The van der Waals surface area contributed by atoms with Crippen LogP contribution < -0.4 is 0 Å². The van der Waals surface area contributed by atoms with Gasteiger partial charge in [-0.15, -0.1) is 0 Å². The summed E-state index contributed by atoms with van der Waals surface area (Å²) >= 11 is 0. The Balaban J connectivity index is 1.36. The van der Waals surface area contributed by atoms with E-state index in [0.717, 1.165) is 12.0 Å². The number of carbonyl (C=O) groups excluding carboxylic acids is 2. The number of sulfonamides is 1. The summed E-state index contributed by atoms with van der Waals surface area (Å²) in [6.07, 6.45) is 1.80. The second kappa shape index (κ2) is 9.61. The largest absolute Gasteiger partial charge is 0.330 e. The maximum atomic E-state index is 13.4. The molecule has 0 radical (unpaired) electrons. The molecule has 0 spiro atoms. The van der Waals surface area contributed by atoms with E-state index in [-0.39, 0.29) is 23.3 Å². The molecule has 2 heterocycles. The van der Waals surface area contributed by atoms with Crippen molar-refractivity contribution in [3.63, 3.8) is 0 Å². The molecule has 9 heteroatoms. The van der Waals surface area contributed by atoms with Crippen LogP contribution >= 0.6 is 0 Å². The first-order chi connectivity index (χ1) is 15.8. The van der Waals surface area contributed by atoms with Crippen molar-refractivity contribution in [3.05, 3.63) is 65.5 Å². The number of halogens is 1. The molecule has 2 fully saturated rings. The number of amides is 2. The lowest BCUT2D eigenvalue weighted by molar-refractivity contribution is -0.158. The fourth-order valence-electron chi connectivity index (χ4n) is 4.49. The van der Waals surface area contributed by atoms with E-state index in [1.54, 1.807) is 29.2 Å². The van der Waals surface area contributed by atoms with E-state index in [0.29, 0.717) is 44.6 Å². The van der Waals surface area contributed by atoms with E-state index in [1.807, 2.05) is 19.1 Å². The molecule has 0 atom stereocenters. The van der Waals surface area contributed by atoms with Crippen LogP contribution in [0.15, 0.2) is 53.4 Å². The number of nitrogens with zero attached hydrogens (tertiary/aromatic N) is 3. The normalized spacial score (nSPS) is 18.7. The summed E-state index contributed by atoms with van der Waals surface area (Å²) in [6.45, 7) is 3.55. The molecule has 2 aromatic carbocycles. The summed E-state index contributed by atoms with van der Waals surface area (Å²) in [7, 11) is -3.59. The summed E-state index contributed by atoms with van der Waals surface area (Å²) in [5.41, 5.74) is 1.71. The quantitative estimate of drug-likeness (QED) is 0.604. The molecule has 0 aromatic heterocycles.